The van der Waals surface area contributed by atoms with Gasteiger partial charge in [-0.1, -0.05) is 234 Å². The van der Waals surface area contributed by atoms with Crippen LogP contribution in [0.15, 0.2) is 0 Å². The topological polar surface area (TPSA) is 78.9 Å². The first-order chi connectivity index (χ1) is 27.6. The molecule has 0 N–H and O–H groups in total. The molecule has 1 unspecified atom stereocenters. The van der Waals surface area contributed by atoms with Crippen LogP contribution in [0.25, 0.3) is 0 Å². The van der Waals surface area contributed by atoms with Crippen LogP contribution in [0, 0.1) is 17.8 Å². The van der Waals surface area contributed by atoms with E-state index in [0.29, 0.717) is 19.3 Å². The molecule has 57 heavy (non-hydrogen) atoms. The van der Waals surface area contributed by atoms with Crippen molar-refractivity contribution in [1.82, 2.24) is 0 Å². The number of esters is 3. The second-order valence-electron chi connectivity index (χ2n) is 18.6. The monoisotopic (exact) mass is 807 g/mol. The van der Waals surface area contributed by atoms with E-state index in [1.807, 2.05) is 0 Å². The summed E-state index contributed by atoms with van der Waals surface area (Å²) < 4.78 is 16.8. The van der Waals surface area contributed by atoms with Gasteiger partial charge in [-0.3, -0.25) is 14.4 Å². The smallest absolute Gasteiger partial charge is 0.306 e. The van der Waals surface area contributed by atoms with E-state index >= 15 is 0 Å². The standard InChI is InChI=1S/C51H98O6/c1-7-47(6)39-33-27-21-17-18-23-29-35-41-50(53)56-44-48(57-51(54)42-36-30-24-16-12-11-14-20-26-32-38-46(4)5)43-55-49(52)40-34-28-22-15-10-8-9-13-19-25-31-37-45(2)3/h45-48H,7-44H2,1-6H3/t47?,48-/m1/s1. The Labute approximate surface area is 355 Å². The summed E-state index contributed by atoms with van der Waals surface area (Å²) >= 11 is 0. The van der Waals surface area contributed by atoms with Gasteiger partial charge in [0.1, 0.15) is 13.2 Å². The van der Waals surface area contributed by atoms with Crippen molar-refractivity contribution in [3.63, 3.8) is 0 Å². The maximum absolute atomic E-state index is 12.8. The summed E-state index contributed by atoms with van der Waals surface area (Å²) in [5, 5.41) is 0. The molecule has 0 saturated heterocycles. The van der Waals surface area contributed by atoms with Gasteiger partial charge in [0.05, 0.1) is 0 Å². The van der Waals surface area contributed by atoms with E-state index in [4.69, 9.17) is 14.2 Å². The zero-order valence-electron chi connectivity index (χ0n) is 39.1. The van der Waals surface area contributed by atoms with Crippen LogP contribution in [0.5, 0.6) is 0 Å². The molecule has 0 spiro atoms. The molecule has 0 heterocycles. The summed E-state index contributed by atoms with van der Waals surface area (Å²) in [5.74, 6) is 1.63. The van der Waals surface area contributed by atoms with Crippen molar-refractivity contribution in [2.45, 2.75) is 279 Å². The average molecular weight is 807 g/mol. The second-order valence-corrected chi connectivity index (χ2v) is 18.6. The van der Waals surface area contributed by atoms with Gasteiger partial charge in [-0.2, -0.15) is 0 Å². The third kappa shape index (κ3) is 43.8. The van der Waals surface area contributed by atoms with Gasteiger partial charge in [0.25, 0.3) is 0 Å². The van der Waals surface area contributed by atoms with Crippen molar-refractivity contribution >= 4 is 17.9 Å². The van der Waals surface area contributed by atoms with Crippen molar-refractivity contribution in [1.29, 1.82) is 0 Å². The molecule has 2 atom stereocenters. The number of rotatable bonds is 44. The maximum Gasteiger partial charge on any atom is 0.306 e. The number of unbranched alkanes of at least 4 members (excludes halogenated alkanes) is 26. The zero-order chi connectivity index (χ0) is 42.0. The highest BCUT2D eigenvalue weighted by Crippen LogP contribution is 2.18. The van der Waals surface area contributed by atoms with Crippen LogP contribution in [-0.2, 0) is 28.6 Å². The largest absolute Gasteiger partial charge is 0.462 e. The molecular weight excluding hydrogens is 709 g/mol. The lowest BCUT2D eigenvalue weighted by atomic mass is 9.99. The highest BCUT2D eigenvalue weighted by atomic mass is 16.6. The first kappa shape index (κ1) is 55.4. The molecule has 0 aliphatic carbocycles. The van der Waals surface area contributed by atoms with Gasteiger partial charge in [-0.05, 0) is 37.0 Å². The summed E-state index contributed by atoms with van der Waals surface area (Å²) in [6, 6.07) is 0. The van der Waals surface area contributed by atoms with Crippen LogP contribution in [0.1, 0.15) is 273 Å². The van der Waals surface area contributed by atoms with Gasteiger partial charge in [-0.15, -0.1) is 0 Å². The van der Waals surface area contributed by atoms with Crippen LogP contribution in [0.4, 0.5) is 0 Å². The molecule has 0 rings (SSSR count). The van der Waals surface area contributed by atoms with Gasteiger partial charge in [0, 0.05) is 19.3 Å². The normalized spacial score (nSPS) is 12.6. The Morgan fingerprint density at radius 2 is 0.614 bits per heavy atom. The fraction of sp³-hybridized carbons (Fsp3) is 0.941. The Balaban J connectivity index is 4.34. The van der Waals surface area contributed by atoms with Gasteiger partial charge < -0.3 is 14.2 Å². The van der Waals surface area contributed by atoms with E-state index in [9.17, 15) is 14.4 Å². The number of carbonyl (C=O) groups is 3. The van der Waals surface area contributed by atoms with Gasteiger partial charge in [0.15, 0.2) is 6.10 Å². The number of hydrogen-bond donors (Lipinski definition) is 0. The Bertz CT molecular complexity index is 885. The highest BCUT2D eigenvalue weighted by Gasteiger charge is 2.19. The van der Waals surface area contributed by atoms with Crippen molar-refractivity contribution in [3.05, 3.63) is 0 Å². The minimum absolute atomic E-state index is 0.0653. The first-order valence-corrected chi connectivity index (χ1v) is 25.1. The van der Waals surface area contributed by atoms with E-state index in [1.165, 1.54) is 154 Å². The van der Waals surface area contributed by atoms with E-state index in [2.05, 4.69) is 41.5 Å². The lowest BCUT2D eigenvalue weighted by Gasteiger charge is -2.18. The molecule has 6 heteroatoms. The van der Waals surface area contributed by atoms with E-state index in [-0.39, 0.29) is 31.1 Å². The van der Waals surface area contributed by atoms with Gasteiger partial charge >= 0.3 is 17.9 Å². The summed E-state index contributed by atoms with van der Waals surface area (Å²) in [6.07, 6.45) is 40.8. The van der Waals surface area contributed by atoms with E-state index < -0.39 is 6.10 Å². The van der Waals surface area contributed by atoms with Gasteiger partial charge in [0.2, 0.25) is 0 Å². The van der Waals surface area contributed by atoms with Crippen molar-refractivity contribution in [2.24, 2.45) is 17.8 Å². The number of carbonyl (C=O) groups excluding carboxylic acids is 3. The van der Waals surface area contributed by atoms with Crippen LogP contribution < -0.4 is 0 Å². The van der Waals surface area contributed by atoms with Crippen molar-refractivity contribution in [2.75, 3.05) is 13.2 Å². The molecule has 0 fully saturated rings. The predicted molar refractivity (Wildman–Crippen MR) is 243 cm³/mol. The Kier molecular flexibility index (Phi) is 41.3. The molecule has 0 bridgehead atoms. The zero-order valence-corrected chi connectivity index (χ0v) is 39.1. The second kappa shape index (κ2) is 42.5. The molecule has 338 valence electrons. The molecule has 0 aliphatic heterocycles. The summed E-state index contributed by atoms with van der Waals surface area (Å²) in [4.78, 5) is 37.9. The van der Waals surface area contributed by atoms with E-state index in [0.717, 1.165) is 75.5 Å². The predicted octanol–water partition coefficient (Wildman–Crippen LogP) is 16.0. The third-order valence-electron chi connectivity index (χ3n) is 11.8. The maximum atomic E-state index is 12.8. The van der Waals surface area contributed by atoms with Crippen molar-refractivity contribution in [3.8, 4) is 0 Å². The lowest BCUT2D eigenvalue weighted by Crippen LogP contribution is -2.30. The summed E-state index contributed by atoms with van der Waals surface area (Å²) in [6.45, 7) is 13.7. The molecule has 0 amide bonds. The number of ether oxygens (including phenoxy) is 3. The average Bonchev–Trinajstić information content (AvgIpc) is 3.18. The third-order valence-corrected chi connectivity index (χ3v) is 11.8. The van der Waals surface area contributed by atoms with Gasteiger partial charge in [-0.25, -0.2) is 0 Å². The molecule has 0 aliphatic rings. The fourth-order valence-electron chi connectivity index (χ4n) is 7.55. The summed E-state index contributed by atoms with van der Waals surface area (Å²) in [7, 11) is 0. The lowest BCUT2D eigenvalue weighted by molar-refractivity contribution is -0.167. The molecule has 6 nitrogen and oxygen atoms in total. The van der Waals surface area contributed by atoms with Crippen molar-refractivity contribution < 1.29 is 28.6 Å². The minimum atomic E-state index is -0.763. The van der Waals surface area contributed by atoms with E-state index in [1.54, 1.807) is 0 Å². The molecule has 0 aromatic rings. The molecular formula is C51H98O6. The Morgan fingerprint density at radius 1 is 0.351 bits per heavy atom. The quantitative estimate of drug-likeness (QED) is 0.0347. The number of hydrogen-bond acceptors (Lipinski definition) is 6. The molecule has 0 aromatic carbocycles. The Hall–Kier alpha value is -1.59. The minimum Gasteiger partial charge on any atom is -0.462 e. The highest BCUT2D eigenvalue weighted by molar-refractivity contribution is 5.71. The first-order valence-electron chi connectivity index (χ1n) is 25.1. The molecule has 0 aromatic heterocycles. The molecule has 0 radical (unpaired) electrons. The van der Waals surface area contributed by atoms with Crippen LogP contribution in [0.3, 0.4) is 0 Å². The Morgan fingerprint density at radius 3 is 0.912 bits per heavy atom. The van der Waals surface area contributed by atoms with Crippen LogP contribution in [0.2, 0.25) is 0 Å². The molecule has 0 saturated carbocycles. The van der Waals surface area contributed by atoms with Crippen LogP contribution >= 0.6 is 0 Å². The fourth-order valence-corrected chi connectivity index (χ4v) is 7.55. The summed E-state index contributed by atoms with van der Waals surface area (Å²) in [5.41, 5.74) is 0. The SMILES string of the molecule is CCC(C)CCCCCCCCCCC(=O)OC[C@@H](COC(=O)CCCCCCCCCCCCCC(C)C)OC(=O)CCCCCCCCCCCCC(C)C. The van der Waals surface area contributed by atoms with Crippen LogP contribution in [-0.4, -0.2) is 37.2 Å².